The second-order valence-electron chi connectivity index (χ2n) is 6.91. The number of hydroxylamine groups is 2. The van der Waals surface area contributed by atoms with E-state index in [2.05, 4.69) is 15.9 Å². The SMILES string of the molecule is CN(Oc1ccc(Br)cc1F)C1CCN(C(=O)OC(C)(C)C)CC1. The van der Waals surface area contributed by atoms with Crippen LogP contribution in [0, 0.1) is 5.82 Å². The number of ether oxygens (including phenoxy) is 1. The highest BCUT2D eigenvalue weighted by atomic mass is 79.9. The van der Waals surface area contributed by atoms with Gasteiger partial charge in [-0.05, 0) is 51.8 Å². The van der Waals surface area contributed by atoms with E-state index in [0.717, 1.165) is 12.8 Å². The van der Waals surface area contributed by atoms with Crippen molar-refractivity contribution in [1.82, 2.24) is 9.96 Å². The highest BCUT2D eigenvalue weighted by Crippen LogP contribution is 2.24. The van der Waals surface area contributed by atoms with E-state index in [1.165, 1.54) is 6.07 Å². The molecule has 1 heterocycles. The molecular formula is C17H24BrFN2O3. The number of likely N-dealkylation sites (tertiary alicyclic amines) is 1. The second-order valence-corrected chi connectivity index (χ2v) is 7.83. The van der Waals surface area contributed by atoms with Crippen LogP contribution in [-0.4, -0.2) is 47.8 Å². The molecule has 2 rings (SSSR count). The normalized spacial score (nSPS) is 16.4. The molecule has 0 bridgehead atoms. The van der Waals surface area contributed by atoms with Crippen LogP contribution in [0.1, 0.15) is 33.6 Å². The summed E-state index contributed by atoms with van der Waals surface area (Å²) in [5.41, 5.74) is -0.493. The number of halogens is 2. The van der Waals surface area contributed by atoms with Crippen molar-refractivity contribution in [1.29, 1.82) is 0 Å². The topological polar surface area (TPSA) is 42.0 Å². The van der Waals surface area contributed by atoms with Crippen molar-refractivity contribution in [3.8, 4) is 5.75 Å². The summed E-state index contributed by atoms with van der Waals surface area (Å²) >= 11 is 3.22. The number of rotatable bonds is 3. The van der Waals surface area contributed by atoms with E-state index in [1.807, 2.05) is 20.8 Å². The number of piperidine rings is 1. The predicted octanol–water partition coefficient (Wildman–Crippen LogP) is 4.21. The quantitative estimate of drug-likeness (QED) is 0.709. The molecule has 1 aliphatic heterocycles. The van der Waals surface area contributed by atoms with Crippen molar-refractivity contribution in [3.63, 3.8) is 0 Å². The highest BCUT2D eigenvalue weighted by molar-refractivity contribution is 9.10. The minimum atomic E-state index is -0.493. The summed E-state index contributed by atoms with van der Waals surface area (Å²) < 4.78 is 19.9. The maximum Gasteiger partial charge on any atom is 0.410 e. The molecule has 1 aromatic rings. The smallest absolute Gasteiger partial charge is 0.410 e. The lowest BCUT2D eigenvalue weighted by Crippen LogP contribution is -2.47. The van der Waals surface area contributed by atoms with Gasteiger partial charge in [-0.25, -0.2) is 9.18 Å². The van der Waals surface area contributed by atoms with Crippen LogP contribution < -0.4 is 4.84 Å². The van der Waals surface area contributed by atoms with Crippen molar-refractivity contribution in [2.24, 2.45) is 0 Å². The standard InChI is InChI=1S/C17H24BrFN2O3/c1-17(2,3)23-16(22)21-9-7-13(8-10-21)20(4)24-15-6-5-12(18)11-14(15)19/h5-6,11,13H,7-10H2,1-4H3. The number of benzene rings is 1. The molecule has 134 valence electrons. The van der Waals surface area contributed by atoms with Crippen LogP contribution >= 0.6 is 15.9 Å². The molecule has 0 unspecified atom stereocenters. The zero-order chi connectivity index (χ0) is 17.9. The van der Waals surface area contributed by atoms with Crippen LogP contribution in [0.25, 0.3) is 0 Å². The largest absolute Gasteiger partial charge is 0.444 e. The average molecular weight is 403 g/mol. The Balaban J connectivity index is 1.86. The molecule has 1 aliphatic rings. The van der Waals surface area contributed by atoms with E-state index in [-0.39, 0.29) is 17.9 Å². The minimum absolute atomic E-state index is 0.117. The zero-order valence-corrected chi connectivity index (χ0v) is 16.1. The number of hydrogen-bond donors (Lipinski definition) is 0. The molecule has 1 saturated heterocycles. The number of nitrogens with zero attached hydrogens (tertiary/aromatic N) is 2. The Labute approximate surface area is 150 Å². The first-order valence-electron chi connectivity index (χ1n) is 7.99. The molecule has 7 heteroatoms. The predicted molar refractivity (Wildman–Crippen MR) is 93.3 cm³/mol. The number of carbonyl (C=O) groups is 1. The van der Waals surface area contributed by atoms with Crippen LogP contribution in [0.5, 0.6) is 5.75 Å². The van der Waals surface area contributed by atoms with Gasteiger partial charge in [0.2, 0.25) is 0 Å². The molecule has 24 heavy (non-hydrogen) atoms. The van der Waals surface area contributed by atoms with Crippen molar-refractivity contribution < 1.29 is 18.8 Å². The molecule has 1 aromatic carbocycles. The lowest BCUT2D eigenvalue weighted by atomic mass is 10.1. The van der Waals surface area contributed by atoms with Crippen LogP contribution in [0.4, 0.5) is 9.18 Å². The first kappa shape index (κ1) is 19.0. The molecule has 1 fully saturated rings. The highest BCUT2D eigenvalue weighted by Gasteiger charge is 2.29. The van der Waals surface area contributed by atoms with Gasteiger partial charge in [-0.1, -0.05) is 15.9 Å². The van der Waals surface area contributed by atoms with E-state index in [9.17, 15) is 9.18 Å². The third kappa shape index (κ3) is 5.34. The molecule has 0 aromatic heterocycles. The van der Waals surface area contributed by atoms with Crippen molar-refractivity contribution in [2.45, 2.75) is 45.3 Å². The van der Waals surface area contributed by atoms with Crippen molar-refractivity contribution >= 4 is 22.0 Å². The molecule has 0 N–H and O–H groups in total. The van der Waals surface area contributed by atoms with E-state index in [4.69, 9.17) is 9.57 Å². The van der Waals surface area contributed by atoms with Gasteiger partial charge in [-0.3, -0.25) is 0 Å². The van der Waals surface area contributed by atoms with E-state index < -0.39 is 11.4 Å². The Bertz CT molecular complexity index is 584. The first-order valence-corrected chi connectivity index (χ1v) is 8.79. The van der Waals surface area contributed by atoms with E-state index in [0.29, 0.717) is 17.6 Å². The fourth-order valence-corrected chi connectivity index (χ4v) is 2.85. The summed E-state index contributed by atoms with van der Waals surface area (Å²) in [6.45, 7) is 6.75. The summed E-state index contributed by atoms with van der Waals surface area (Å²) in [7, 11) is 1.79. The lowest BCUT2D eigenvalue weighted by Gasteiger charge is -2.36. The van der Waals surface area contributed by atoms with E-state index in [1.54, 1.807) is 29.1 Å². The molecule has 0 radical (unpaired) electrons. The van der Waals surface area contributed by atoms with Gasteiger partial charge in [0, 0.05) is 30.7 Å². The van der Waals surface area contributed by atoms with Crippen LogP contribution in [0.15, 0.2) is 22.7 Å². The van der Waals surface area contributed by atoms with Gasteiger partial charge in [0.25, 0.3) is 0 Å². The zero-order valence-electron chi connectivity index (χ0n) is 14.5. The first-order chi connectivity index (χ1) is 11.2. The Morgan fingerprint density at radius 3 is 2.50 bits per heavy atom. The summed E-state index contributed by atoms with van der Waals surface area (Å²) in [6.07, 6.45) is 1.20. The second kappa shape index (κ2) is 7.70. The van der Waals surface area contributed by atoms with Gasteiger partial charge >= 0.3 is 6.09 Å². The summed E-state index contributed by atoms with van der Waals surface area (Å²) in [6, 6.07) is 4.81. The van der Waals surface area contributed by atoms with Crippen LogP contribution in [-0.2, 0) is 4.74 Å². The summed E-state index contributed by atoms with van der Waals surface area (Å²) in [5.74, 6) is -0.224. The van der Waals surface area contributed by atoms with Gasteiger partial charge in [0.05, 0.1) is 0 Å². The maximum atomic E-state index is 13.9. The summed E-state index contributed by atoms with van der Waals surface area (Å²) in [5, 5.41) is 1.67. The Hall–Kier alpha value is -1.34. The van der Waals surface area contributed by atoms with Crippen LogP contribution in [0.3, 0.4) is 0 Å². The number of amides is 1. The molecule has 1 amide bonds. The van der Waals surface area contributed by atoms with Gasteiger partial charge in [0.15, 0.2) is 11.6 Å². The number of carbonyl (C=O) groups excluding carboxylic acids is 1. The third-order valence-corrected chi connectivity index (χ3v) is 4.26. The monoisotopic (exact) mass is 402 g/mol. The van der Waals surface area contributed by atoms with Gasteiger partial charge < -0.3 is 14.5 Å². The number of hydrogen-bond acceptors (Lipinski definition) is 4. The van der Waals surface area contributed by atoms with Crippen LogP contribution in [0.2, 0.25) is 0 Å². The Morgan fingerprint density at radius 2 is 1.96 bits per heavy atom. The third-order valence-electron chi connectivity index (χ3n) is 3.77. The van der Waals surface area contributed by atoms with Gasteiger partial charge in [-0.2, -0.15) is 0 Å². The molecule has 0 saturated carbocycles. The van der Waals surface area contributed by atoms with Crippen molar-refractivity contribution in [2.75, 3.05) is 20.1 Å². The Morgan fingerprint density at radius 1 is 1.33 bits per heavy atom. The summed E-state index contributed by atoms with van der Waals surface area (Å²) in [4.78, 5) is 19.4. The van der Waals surface area contributed by atoms with Crippen molar-refractivity contribution in [3.05, 3.63) is 28.5 Å². The minimum Gasteiger partial charge on any atom is -0.444 e. The lowest BCUT2D eigenvalue weighted by molar-refractivity contribution is -0.0896. The molecule has 5 nitrogen and oxygen atoms in total. The molecule has 0 atom stereocenters. The molecule has 0 spiro atoms. The molecule has 0 aliphatic carbocycles. The Kier molecular flexibility index (Phi) is 6.09. The fraction of sp³-hybridized carbons (Fsp3) is 0.588. The molecular weight excluding hydrogens is 379 g/mol. The maximum absolute atomic E-state index is 13.9. The average Bonchev–Trinajstić information content (AvgIpc) is 2.48. The van der Waals surface area contributed by atoms with E-state index >= 15 is 0 Å². The fourth-order valence-electron chi connectivity index (χ4n) is 2.52. The van der Waals surface area contributed by atoms with Gasteiger partial charge in [0.1, 0.15) is 5.60 Å². The van der Waals surface area contributed by atoms with Gasteiger partial charge in [-0.15, -0.1) is 5.06 Å².